The van der Waals surface area contributed by atoms with Gasteiger partial charge in [-0.1, -0.05) is 341 Å². The molecular weight excluding hydrogens is 1510 g/mol. The fraction of sp³-hybridized carbons (Fsp3) is 0.412. The number of rotatable bonds is 48. The van der Waals surface area contributed by atoms with Crippen molar-refractivity contribution in [2.75, 3.05) is 39.6 Å². The normalized spacial score (nSPS) is 10.3. The van der Waals surface area contributed by atoms with Crippen LogP contribution in [0.15, 0.2) is 218 Å². The minimum absolute atomic E-state index is 0.237. The van der Waals surface area contributed by atoms with Crippen molar-refractivity contribution in [1.82, 2.24) is 0 Å². The molecule has 18 heteroatoms. The summed E-state index contributed by atoms with van der Waals surface area (Å²) in [7, 11) is 0. The van der Waals surface area contributed by atoms with Crippen molar-refractivity contribution in [3.05, 3.63) is 252 Å². The Morgan fingerprint density at radius 1 is 0.175 bits per heavy atom. The van der Waals surface area contributed by atoms with Crippen molar-refractivity contribution in [2.24, 2.45) is 0 Å². The van der Waals surface area contributed by atoms with Gasteiger partial charge in [-0.2, -0.15) is 0 Å². The van der Waals surface area contributed by atoms with Gasteiger partial charge >= 0.3 is 35.8 Å². The maximum Gasteiger partial charge on any atom is 0.339 e. The lowest BCUT2D eigenvalue weighted by molar-refractivity contribution is 0.0681. The molecule has 0 heterocycles. The molecule has 0 aliphatic rings. The molecule has 0 amide bonds. The monoisotopic (exact) mass is 1640 g/mol. The summed E-state index contributed by atoms with van der Waals surface area (Å²) in [4.78, 5) is 65.5. The number of hydrogen-bond donors (Lipinski definition) is 6. The summed E-state index contributed by atoms with van der Waals surface area (Å²) in [5.41, 5.74) is 1.42. The van der Waals surface area contributed by atoms with E-state index in [9.17, 15) is 28.8 Å². The Kier molecular flexibility index (Phi) is 53.5. The molecule has 18 nitrogen and oxygen atoms in total. The second-order valence-corrected chi connectivity index (χ2v) is 29.0. The highest BCUT2D eigenvalue weighted by Crippen LogP contribution is 2.35. The Hall–Kier alpha value is -11.4. The molecule has 0 radical (unpaired) electrons. The molecule has 10 aromatic rings. The average molecular weight is 1650 g/mol. The third-order valence-electron chi connectivity index (χ3n) is 19.4. The minimum atomic E-state index is -0.938. The Labute approximate surface area is 712 Å². The molecule has 0 aliphatic carbocycles. The van der Waals surface area contributed by atoms with Gasteiger partial charge in [-0.05, 0) is 144 Å². The molecule has 0 atom stereocenters. The standard InChI is InChI=1S/C18H12.6C14H20O3/c1-2-8-14-13(7-1)15-9-3-4-11-17(15)18-12-6-5-10-16(14)18;6*1-2-3-4-5-8-11-17-13-10-7-6-9-12(13)14(15)16/h1-12H;6*6-7,9-10H,2-5,8,11H2,1H3,(H,15,16). The van der Waals surface area contributed by atoms with Gasteiger partial charge in [0, 0.05) is 0 Å². The molecule has 648 valence electrons. The Balaban J connectivity index is 0.000000294. The van der Waals surface area contributed by atoms with E-state index in [1.807, 2.05) is 0 Å². The van der Waals surface area contributed by atoms with Gasteiger partial charge in [-0.15, -0.1) is 0 Å². The maximum absolute atomic E-state index is 10.9. The van der Waals surface area contributed by atoms with E-state index in [1.165, 1.54) is 148 Å². The van der Waals surface area contributed by atoms with Crippen molar-refractivity contribution >= 4 is 68.1 Å². The third kappa shape index (κ3) is 40.4. The van der Waals surface area contributed by atoms with Crippen LogP contribution in [0.2, 0.25) is 0 Å². The number of hydrogen-bond acceptors (Lipinski definition) is 12. The zero-order valence-electron chi connectivity index (χ0n) is 71.8. The topological polar surface area (TPSA) is 279 Å². The maximum atomic E-state index is 10.9. The number of benzene rings is 10. The fourth-order valence-corrected chi connectivity index (χ4v) is 12.8. The van der Waals surface area contributed by atoms with E-state index in [0.717, 1.165) is 77.0 Å². The molecule has 0 aromatic heterocycles. The molecule has 0 saturated carbocycles. The van der Waals surface area contributed by atoms with Crippen LogP contribution in [0.5, 0.6) is 34.5 Å². The lowest BCUT2D eigenvalue weighted by Crippen LogP contribution is -2.04. The van der Waals surface area contributed by atoms with Crippen LogP contribution in [0, 0.1) is 0 Å². The van der Waals surface area contributed by atoms with Crippen molar-refractivity contribution in [3.63, 3.8) is 0 Å². The highest BCUT2D eigenvalue weighted by atomic mass is 16.5. The Morgan fingerprint density at radius 2 is 0.292 bits per heavy atom. The number of carbonyl (C=O) groups is 6. The number of unbranched alkanes of at least 4 members (excludes halogenated alkanes) is 24. The van der Waals surface area contributed by atoms with Gasteiger partial charge in [0.25, 0.3) is 0 Å². The van der Waals surface area contributed by atoms with Gasteiger partial charge in [0.15, 0.2) is 0 Å². The van der Waals surface area contributed by atoms with Gasteiger partial charge in [-0.25, -0.2) is 28.8 Å². The zero-order valence-corrected chi connectivity index (χ0v) is 71.8. The van der Waals surface area contributed by atoms with E-state index in [1.54, 1.807) is 146 Å². The van der Waals surface area contributed by atoms with E-state index in [2.05, 4.69) is 114 Å². The predicted molar refractivity (Wildman–Crippen MR) is 485 cm³/mol. The second kappa shape index (κ2) is 63.7. The molecule has 6 N–H and O–H groups in total. The lowest BCUT2D eigenvalue weighted by Gasteiger charge is -2.09. The van der Waals surface area contributed by atoms with Crippen molar-refractivity contribution in [3.8, 4) is 34.5 Å². The van der Waals surface area contributed by atoms with Crippen molar-refractivity contribution in [1.29, 1.82) is 0 Å². The molecule has 10 aromatic carbocycles. The molecule has 10 rings (SSSR count). The van der Waals surface area contributed by atoms with E-state index in [-0.39, 0.29) is 33.4 Å². The first-order valence-corrected chi connectivity index (χ1v) is 43.5. The van der Waals surface area contributed by atoms with Gasteiger partial charge < -0.3 is 59.1 Å². The summed E-state index contributed by atoms with van der Waals surface area (Å²) in [6.07, 6.45) is 35.0. The molecule has 0 spiro atoms. The molecule has 0 saturated heterocycles. The first-order chi connectivity index (χ1) is 58.5. The first-order valence-electron chi connectivity index (χ1n) is 43.5. The van der Waals surface area contributed by atoms with Crippen LogP contribution in [0.3, 0.4) is 0 Å². The predicted octanol–water partition coefficient (Wildman–Crippen LogP) is 27.6. The number of aromatic carboxylic acids is 6. The third-order valence-corrected chi connectivity index (χ3v) is 19.4. The smallest absolute Gasteiger partial charge is 0.339 e. The summed E-state index contributed by atoms with van der Waals surface area (Å²) in [5, 5.41) is 61.8. The summed E-state index contributed by atoms with van der Waals surface area (Å²) in [5.74, 6) is -2.82. The van der Waals surface area contributed by atoms with Gasteiger partial charge in [0.2, 0.25) is 0 Å². The Morgan fingerprint density at radius 3 is 0.417 bits per heavy atom. The molecular formula is C102H132O18. The fourth-order valence-electron chi connectivity index (χ4n) is 12.8. The van der Waals surface area contributed by atoms with Crippen LogP contribution in [0.1, 0.15) is 296 Å². The van der Waals surface area contributed by atoms with Gasteiger partial charge in [0.05, 0.1) is 39.6 Å². The second-order valence-electron chi connectivity index (χ2n) is 29.0. The average Bonchev–Trinajstić information content (AvgIpc) is 0.750. The largest absolute Gasteiger partial charge is 0.493 e. The minimum Gasteiger partial charge on any atom is -0.493 e. The van der Waals surface area contributed by atoms with E-state index < -0.39 is 35.8 Å². The highest BCUT2D eigenvalue weighted by molar-refractivity contribution is 6.25. The highest BCUT2D eigenvalue weighted by Gasteiger charge is 2.16. The SMILES string of the molecule is CCCCCCCOc1ccccc1C(=O)O.CCCCCCCOc1ccccc1C(=O)O.CCCCCCCOc1ccccc1C(=O)O.CCCCCCCOc1ccccc1C(=O)O.CCCCCCCOc1ccccc1C(=O)O.CCCCCCCOc1ccccc1C(=O)O.c1ccc2c(c1)c1ccccc1c1ccccc21. The lowest BCUT2D eigenvalue weighted by atomic mass is 9.95. The molecule has 0 unspecified atom stereocenters. The molecule has 120 heavy (non-hydrogen) atoms. The number of para-hydroxylation sites is 6. The molecule has 0 aliphatic heterocycles. The number of fused-ring (bicyclic) bond motifs is 6. The van der Waals surface area contributed by atoms with Crippen LogP contribution >= 0.6 is 0 Å². The summed E-state index contributed by atoms with van der Waals surface area (Å²) in [6, 6.07) is 66.5. The zero-order chi connectivity index (χ0) is 87.0. The first kappa shape index (κ1) is 101. The van der Waals surface area contributed by atoms with Crippen molar-refractivity contribution in [2.45, 2.75) is 234 Å². The number of ether oxygens (including phenoxy) is 6. The van der Waals surface area contributed by atoms with Gasteiger partial charge in [-0.3, -0.25) is 0 Å². The van der Waals surface area contributed by atoms with E-state index in [0.29, 0.717) is 74.1 Å². The van der Waals surface area contributed by atoms with Gasteiger partial charge in [0.1, 0.15) is 67.9 Å². The van der Waals surface area contributed by atoms with Crippen LogP contribution < -0.4 is 28.4 Å². The van der Waals surface area contributed by atoms with Crippen LogP contribution in [0.25, 0.3) is 32.3 Å². The van der Waals surface area contributed by atoms with Crippen LogP contribution in [-0.2, 0) is 0 Å². The summed E-state index contributed by atoms with van der Waals surface area (Å²) < 4.78 is 33.0. The molecule has 0 bridgehead atoms. The van der Waals surface area contributed by atoms with Crippen molar-refractivity contribution < 1.29 is 87.8 Å². The Bertz CT molecular complexity index is 3750. The quantitative estimate of drug-likeness (QED) is 0.0153. The van der Waals surface area contributed by atoms with Crippen LogP contribution in [0.4, 0.5) is 0 Å². The summed E-state index contributed by atoms with van der Waals surface area (Å²) >= 11 is 0. The van der Waals surface area contributed by atoms with E-state index >= 15 is 0 Å². The number of carboxylic acids is 6. The number of carboxylic acid groups (broad SMARTS) is 6. The van der Waals surface area contributed by atoms with E-state index in [4.69, 9.17) is 59.1 Å². The summed E-state index contributed by atoms with van der Waals surface area (Å²) in [6.45, 7) is 16.6. The molecule has 0 fully saturated rings. The van der Waals surface area contributed by atoms with Crippen LogP contribution in [-0.4, -0.2) is 106 Å².